The number of guanidine groups is 1. The van der Waals surface area contributed by atoms with Crippen LogP contribution in [0.15, 0.2) is 52.0 Å². The SMILES string of the molecule is CCNC(=NCc1nc(-c2ccc(Cl)cc2)no1)Nc1ccc2c(c1)OCCCO2.I. The van der Waals surface area contributed by atoms with Crippen LogP contribution in [0.25, 0.3) is 11.4 Å². The van der Waals surface area contributed by atoms with Crippen LogP contribution in [-0.2, 0) is 6.54 Å². The Balaban J connectivity index is 0.00000272. The highest BCUT2D eigenvalue weighted by Crippen LogP contribution is 2.32. The number of ether oxygens (including phenoxy) is 2. The number of aliphatic imine (C=N–C) groups is 1. The van der Waals surface area contributed by atoms with Gasteiger partial charge in [-0.25, -0.2) is 4.99 Å². The molecule has 0 fully saturated rings. The number of halogens is 2. The second-order valence-electron chi connectivity index (χ2n) is 6.55. The predicted molar refractivity (Wildman–Crippen MR) is 131 cm³/mol. The van der Waals surface area contributed by atoms with Gasteiger partial charge in [0.15, 0.2) is 17.5 Å². The van der Waals surface area contributed by atoms with Crippen molar-refractivity contribution in [3.8, 4) is 22.9 Å². The Morgan fingerprint density at radius 1 is 1.10 bits per heavy atom. The number of rotatable bonds is 5. The smallest absolute Gasteiger partial charge is 0.248 e. The average molecular weight is 556 g/mol. The molecular formula is C21H23ClIN5O3. The van der Waals surface area contributed by atoms with Crippen molar-refractivity contribution in [1.82, 2.24) is 15.5 Å². The number of nitrogens with zero attached hydrogens (tertiary/aromatic N) is 3. The topological polar surface area (TPSA) is 93.8 Å². The summed E-state index contributed by atoms with van der Waals surface area (Å²) >= 11 is 5.92. The minimum Gasteiger partial charge on any atom is -0.490 e. The molecule has 0 amide bonds. The first-order valence-electron chi connectivity index (χ1n) is 9.75. The van der Waals surface area contributed by atoms with Crippen LogP contribution in [0.3, 0.4) is 0 Å². The summed E-state index contributed by atoms with van der Waals surface area (Å²) in [5.41, 5.74) is 1.67. The van der Waals surface area contributed by atoms with Crippen LogP contribution in [-0.4, -0.2) is 35.9 Å². The molecule has 0 bridgehead atoms. The van der Waals surface area contributed by atoms with E-state index in [1.165, 1.54) is 0 Å². The summed E-state index contributed by atoms with van der Waals surface area (Å²) in [5, 5.41) is 11.1. The predicted octanol–water partition coefficient (Wildman–Crippen LogP) is 4.75. The van der Waals surface area contributed by atoms with Gasteiger partial charge < -0.3 is 24.6 Å². The first-order chi connectivity index (χ1) is 14.7. The van der Waals surface area contributed by atoms with Gasteiger partial charge in [-0.1, -0.05) is 16.8 Å². The Hall–Kier alpha value is -2.53. The quantitative estimate of drug-likeness (QED) is 0.267. The van der Waals surface area contributed by atoms with Gasteiger partial charge in [-0.15, -0.1) is 24.0 Å². The summed E-state index contributed by atoms with van der Waals surface area (Å²) in [7, 11) is 0. The number of nitrogens with one attached hydrogen (secondary N) is 2. The van der Waals surface area contributed by atoms with E-state index in [-0.39, 0.29) is 30.5 Å². The first kappa shape index (κ1) is 23.1. The molecule has 0 saturated carbocycles. The van der Waals surface area contributed by atoms with Crippen molar-refractivity contribution >= 4 is 47.2 Å². The Bertz CT molecular complexity index is 1030. The van der Waals surface area contributed by atoms with Crippen molar-refractivity contribution in [3.63, 3.8) is 0 Å². The number of hydrogen-bond donors (Lipinski definition) is 2. The van der Waals surface area contributed by atoms with Crippen molar-refractivity contribution in [2.45, 2.75) is 19.9 Å². The summed E-state index contributed by atoms with van der Waals surface area (Å²) in [6, 6.07) is 13.0. The second-order valence-corrected chi connectivity index (χ2v) is 6.99. The van der Waals surface area contributed by atoms with Crippen molar-refractivity contribution in [3.05, 3.63) is 53.4 Å². The van der Waals surface area contributed by atoms with Gasteiger partial charge in [0.25, 0.3) is 0 Å². The number of aromatic nitrogens is 2. The number of fused-ring (bicyclic) bond motifs is 1. The van der Waals surface area contributed by atoms with Crippen molar-refractivity contribution in [2.75, 3.05) is 25.1 Å². The van der Waals surface area contributed by atoms with E-state index >= 15 is 0 Å². The Labute approximate surface area is 202 Å². The molecule has 3 aromatic rings. The third-order valence-electron chi connectivity index (χ3n) is 4.30. The normalized spacial score (nSPS) is 13.2. The summed E-state index contributed by atoms with van der Waals surface area (Å²) in [6.45, 7) is 4.23. The molecule has 0 unspecified atom stereocenters. The molecule has 2 heterocycles. The Morgan fingerprint density at radius 2 is 1.87 bits per heavy atom. The standard InChI is InChI=1S/C21H22ClN5O3.HI/c1-2-23-21(25-16-8-9-17-18(12-16)29-11-3-10-28-17)24-13-19-26-20(27-30-19)14-4-6-15(22)7-5-14;/h4-9,12H,2-3,10-11,13H2,1H3,(H2,23,24,25);1H. The maximum Gasteiger partial charge on any atom is 0.248 e. The van der Waals surface area contributed by atoms with Crippen LogP contribution in [0, 0.1) is 0 Å². The van der Waals surface area contributed by atoms with Gasteiger partial charge in [0, 0.05) is 35.3 Å². The summed E-state index contributed by atoms with van der Waals surface area (Å²) in [6.07, 6.45) is 0.865. The van der Waals surface area contributed by atoms with E-state index in [0.29, 0.717) is 42.5 Å². The van der Waals surface area contributed by atoms with Crippen LogP contribution >= 0.6 is 35.6 Å². The van der Waals surface area contributed by atoms with E-state index in [0.717, 1.165) is 29.2 Å². The fraction of sp³-hybridized carbons (Fsp3) is 0.286. The largest absolute Gasteiger partial charge is 0.490 e. The van der Waals surface area contributed by atoms with Gasteiger partial charge >= 0.3 is 0 Å². The zero-order valence-electron chi connectivity index (χ0n) is 16.9. The first-order valence-corrected chi connectivity index (χ1v) is 10.1. The highest BCUT2D eigenvalue weighted by atomic mass is 127. The van der Waals surface area contributed by atoms with E-state index in [1.54, 1.807) is 12.1 Å². The van der Waals surface area contributed by atoms with Crippen LogP contribution in [0.1, 0.15) is 19.2 Å². The van der Waals surface area contributed by atoms with E-state index in [2.05, 4.69) is 25.8 Å². The lowest BCUT2D eigenvalue weighted by atomic mass is 10.2. The zero-order valence-corrected chi connectivity index (χ0v) is 20.0. The van der Waals surface area contributed by atoms with Gasteiger partial charge in [0.2, 0.25) is 11.7 Å². The molecule has 0 aliphatic carbocycles. The third kappa shape index (κ3) is 6.23. The fourth-order valence-electron chi connectivity index (χ4n) is 2.87. The average Bonchev–Trinajstić information content (AvgIpc) is 3.10. The van der Waals surface area contributed by atoms with Crippen LogP contribution in [0.5, 0.6) is 11.5 Å². The Morgan fingerprint density at radius 3 is 2.65 bits per heavy atom. The maximum absolute atomic E-state index is 5.92. The van der Waals surface area contributed by atoms with Crippen LogP contribution in [0.2, 0.25) is 5.02 Å². The lowest BCUT2D eigenvalue weighted by Gasteiger charge is -2.13. The molecular weight excluding hydrogens is 533 g/mol. The molecule has 31 heavy (non-hydrogen) atoms. The highest BCUT2D eigenvalue weighted by Gasteiger charge is 2.12. The van der Waals surface area contributed by atoms with Crippen molar-refractivity contribution in [1.29, 1.82) is 0 Å². The summed E-state index contributed by atoms with van der Waals surface area (Å²) < 4.78 is 16.7. The molecule has 164 valence electrons. The number of hydrogen-bond acceptors (Lipinski definition) is 6. The molecule has 1 aliphatic heterocycles. The summed E-state index contributed by atoms with van der Waals surface area (Å²) in [5.74, 6) is 2.98. The molecule has 4 rings (SSSR count). The number of benzene rings is 2. The van der Waals surface area contributed by atoms with Gasteiger partial charge in [-0.05, 0) is 43.3 Å². The maximum atomic E-state index is 5.92. The minimum absolute atomic E-state index is 0. The molecule has 2 aromatic carbocycles. The van der Waals surface area contributed by atoms with Crippen LogP contribution in [0.4, 0.5) is 5.69 Å². The lowest BCUT2D eigenvalue weighted by molar-refractivity contribution is 0.297. The molecule has 1 aliphatic rings. The van der Waals surface area contributed by atoms with Gasteiger partial charge in [0.05, 0.1) is 13.2 Å². The van der Waals surface area contributed by atoms with Gasteiger partial charge in [-0.3, -0.25) is 0 Å². The molecule has 2 N–H and O–H groups in total. The van der Waals surface area contributed by atoms with Crippen molar-refractivity contribution in [2.24, 2.45) is 4.99 Å². The molecule has 1 aromatic heterocycles. The molecule has 8 nitrogen and oxygen atoms in total. The van der Waals surface area contributed by atoms with Gasteiger partial charge in [0.1, 0.15) is 6.54 Å². The molecule has 0 radical (unpaired) electrons. The third-order valence-corrected chi connectivity index (χ3v) is 4.55. The zero-order chi connectivity index (χ0) is 20.8. The lowest BCUT2D eigenvalue weighted by Crippen LogP contribution is -2.30. The van der Waals surface area contributed by atoms with Crippen molar-refractivity contribution < 1.29 is 14.0 Å². The number of anilines is 1. The minimum atomic E-state index is 0. The highest BCUT2D eigenvalue weighted by molar-refractivity contribution is 14.0. The molecule has 10 heteroatoms. The molecule has 0 spiro atoms. The fourth-order valence-corrected chi connectivity index (χ4v) is 2.99. The van der Waals surface area contributed by atoms with E-state index in [9.17, 15) is 0 Å². The Kier molecular flexibility index (Phi) is 8.35. The van der Waals surface area contributed by atoms with E-state index in [4.69, 9.17) is 25.6 Å². The van der Waals surface area contributed by atoms with E-state index in [1.807, 2.05) is 37.3 Å². The van der Waals surface area contributed by atoms with E-state index < -0.39 is 0 Å². The molecule has 0 atom stereocenters. The second kappa shape index (κ2) is 11.2. The monoisotopic (exact) mass is 555 g/mol. The van der Waals surface area contributed by atoms with Crippen LogP contribution < -0.4 is 20.1 Å². The summed E-state index contributed by atoms with van der Waals surface area (Å²) in [4.78, 5) is 8.93. The molecule has 0 saturated heterocycles. The van der Waals surface area contributed by atoms with Gasteiger partial charge in [-0.2, -0.15) is 4.98 Å².